The van der Waals surface area contributed by atoms with Gasteiger partial charge < -0.3 is 5.73 Å². The van der Waals surface area contributed by atoms with Crippen LogP contribution in [-0.2, 0) is 0 Å². The van der Waals surface area contributed by atoms with Gasteiger partial charge in [-0.05, 0) is 36.8 Å². The minimum Gasteiger partial charge on any atom is -0.324 e. The molecule has 0 aromatic heterocycles. The van der Waals surface area contributed by atoms with E-state index in [9.17, 15) is 13.2 Å². The summed E-state index contributed by atoms with van der Waals surface area (Å²) in [7, 11) is 0. The van der Waals surface area contributed by atoms with Gasteiger partial charge >= 0.3 is 6.18 Å². The molecule has 0 radical (unpaired) electrons. The van der Waals surface area contributed by atoms with E-state index >= 15 is 0 Å². The van der Waals surface area contributed by atoms with Gasteiger partial charge in [0.15, 0.2) is 0 Å². The summed E-state index contributed by atoms with van der Waals surface area (Å²) in [6.45, 7) is 0. The van der Waals surface area contributed by atoms with Crippen molar-refractivity contribution in [2.24, 2.45) is 5.73 Å². The van der Waals surface area contributed by atoms with Gasteiger partial charge in [0.25, 0.3) is 0 Å². The summed E-state index contributed by atoms with van der Waals surface area (Å²) in [4.78, 5) is 1.12. The molecule has 5 heteroatoms. The van der Waals surface area contributed by atoms with Crippen molar-refractivity contribution in [2.45, 2.75) is 36.4 Å². The van der Waals surface area contributed by atoms with Crippen LogP contribution in [0.4, 0.5) is 13.2 Å². The Hall–Kier alpha value is -0.680. The maximum Gasteiger partial charge on any atom is 0.389 e. The van der Waals surface area contributed by atoms with E-state index in [0.717, 1.165) is 10.5 Å². The van der Waals surface area contributed by atoms with Crippen molar-refractivity contribution in [3.63, 3.8) is 0 Å². The lowest BCUT2D eigenvalue weighted by Crippen LogP contribution is -2.13. The molecule has 0 aliphatic rings. The molecule has 17 heavy (non-hydrogen) atoms. The van der Waals surface area contributed by atoms with Crippen molar-refractivity contribution in [3.8, 4) is 0 Å². The zero-order valence-corrected chi connectivity index (χ0v) is 10.4. The molecule has 0 fully saturated rings. The van der Waals surface area contributed by atoms with Crippen molar-refractivity contribution < 1.29 is 13.2 Å². The second-order valence-electron chi connectivity index (χ2n) is 3.89. The number of rotatable bonds is 5. The monoisotopic (exact) mass is 263 g/mol. The second-order valence-corrected chi connectivity index (χ2v) is 4.77. The van der Waals surface area contributed by atoms with Gasteiger partial charge in [0.1, 0.15) is 0 Å². The van der Waals surface area contributed by atoms with E-state index in [0.29, 0.717) is 6.42 Å². The molecule has 0 heterocycles. The Balaban J connectivity index is 2.43. The van der Waals surface area contributed by atoms with E-state index in [1.165, 1.54) is 0 Å². The van der Waals surface area contributed by atoms with E-state index in [1.807, 2.05) is 30.5 Å². The van der Waals surface area contributed by atoms with Crippen LogP contribution in [0.3, 0.4) is 0 Å². The first-order valence-electron chi connectivity index (χ1n) is 5.38. The highest BCUT2D eigenvalue weighted by molar-refractivity contribution is 7.98. The maximum absolute atomic E-state index is 12.0. The van der Waals surface area contributed by atoms with Crippen molar-refractivity contribution >= 4 is 11.8 Å². The number of benzene rings is 1. The molecular weight excluding hydrogens is 247 g/mol. The summed E-state index contributed by atoms with van der Waals surface area (Å²) < 4.78 is 35.9. The lowest BCUT2D eigenvalue weighted by molar-refractivity contribution is -0.135. The summed E-state index contributed by atoms with van der Waals surface area (Å²) in [5.41, 5.74) is 6.74. The van der Waals surface area contributed by atoms with Crippen LogP contribution in [0, 0.1) is 0 Å². The number of thioether (sulfide) groups is 1. The third-order valence-corrected chi connectivity index (χ3v) is 3.26. The van der Waals surface area contributed by atoms with Crippen LogP contribution in [0.15, 0.2) is 29.2 Å². The van der Waals surface area contributed by atoms with E-state index < -0.39 is 12.6 Å². The molecule has 0 saturated carbocycles. The van der Waals surface area contributed by atoms with Crippen LogP contribution < -0.4 is 5.73 Å². The largest absolute Gasteiger partial charge is 0.389 e. The molecule has 0 spiro atoms. The minimum atomic E-state index is -4.08. The summed E-state index contributed by atoms with van der Waals surface area (Å²) >= 11 is 1.62. The predicted octanol–water partition coefficient (Wildman–Crippen LogP) is 4.14. The first-order chi connectivity index (χ1) is 7.92. The van der Waals surface area contributed by atoms with Gasteiger partial charge in [-0.3, -0.25) is 0 Å². The molecule has 1 unspecified atom stereocenters. The van der Waals surface area contributed by atoms with Crippen LogP contribution >= 0.6 is 11.8 Å². The standard InChI is InChI=1S/C12H16F3NS/c1-17-10-6-4-9(5-7-10)11(16)3-2-8-12(13,14)15/h4-7,11H,2-3,8,16H2,1H3. The van der Waals surface area contributed by atoms with Gasteiger partial charge in [0.05, 0.1) is 0 Å². The fourth-order valence-electron chi connectivity index (χ4n) is 1.54. The van der Waals surface area contributed by atoms with Crippen LogP contribution in [0.5, 0.6) is 0 Å². The van der Waals surface area contributed by atoms with Crippen LogP contribution in [0.2, 0.25) is 0 Å². The Morgan fingerprint density at radius 2 is 1.82 bits per heavy atom. The van der Waals surface area contributed by atoms with Crippen molar-refractivity contribution in [2.75, 3.05) is 6.26 Å². The number of hydrogen-bond donors (Lipinski definition) is 1. The topological polar surface area (TPSA) is 26.0 Å². The average molecular weight is 263 g/mol. The molecule has 1 atom stereocenters. The van der Waals surface area contributed by atoms with E-state index in [-0.39, 0.29) is 12.5 Å². The fraction of sp³-hybridized carbons (Fsp3) is 0.500. The Bertz CT molecular complexity index is 335. The third kappa shape index (κ3) is 5.46. The number of alkyl halides is 3. The predicted molar refractivity (Wildman–Crippen MR) is 65.1 cm³/mol. The normalized spacial score (nSPS) is 13.7. The summed E-state index contributed by atoms with van der Waals surface area (Å²) in [5.74, 6) is 0. The molecule has 2 N–H and O–H groups in total. The lowest BCUT2D eigenvalue weighted by atomic mass is 10.0. The van der Waals surface area contributed by atoms with Crippen molar-refractivity contribution in [3.05, 3.63) is 29.8 Å². The van der Waals surface area contributed by atoms with Gasteiger partial charge in [0.2, 0.25) is 0 Å². The maximum atomic E-state index is 12.0. The number of hydrogen-bond acceptors (Lipinski definition) is 2. The van der Waals surface area contributed by atoms with Gasteiger partial charge in [-0.15, -0.1) is 11.8 Å². The van der Waals surface area contributed by atoms with E-state index in [2.05, 4.69) is 0 Å². The third-order valence-electron chi connectivity index (χ3n) is 2.52. The van der Waals surface area contributed by atoms with Gasteiger partial charge in [-0.25, -0.2) is 0 Å². The molecule has 0 aliphatic heterocycles. The van der Waals surface area contributed by atoms with E-state index in [1.54, 1.807) is 11.8 Å². The van der Waals surface area contributed by atoms with Crippen molar-refractivity contribution in [1.29, 1.82) is 0 Å². The van der Waals surface area contributed by atoms with E-state index in [4.69, 9.17) is 5.73 Å². The zero-order chi connectivity index (χ0) is 12.9. The van der Waals surface area contributed by atoms with Gasteiger partial charge in [-0.2, -0.15) is 13.2 Å². The quantitative estimate of drug-likeness (QED) is 0.808. The molecular formula is C12H16F3NS. The van der Waals surface area contributed by atoms with Crippen molar-refractivity contribution in [1.82, 2.24) is 0 Å². The Morgan fingerprint density at radius 1 is 1.24 bits per heavy atom. The smallest absolute Gasteiger partial charge is 0.324 e. The van der Waals surface area contributed by atoms with Gasteiger partial charge in [-0.1, -0.05) is 12.1 Å². The highest BCUT2D eigenvalue weighted by atomic mass is 32.2. The lowest BCUT2D eigenvalue weighted by Gasteiger charge is -2.13. The number of halogens is 3. The molecule has 1 nitrogen and oxygen atoms in total. The minimum absolute atomic E-state index is 0.0783. The zero-order valence-electron chi connectivity index (χ0n) is 9.63. The molecule has 0 amide bonds. The summed E-state index contributed by atoms with van der Waals surface area (Å²) in [6, 6.07) is 7.31. The van der Waals surface area contributed by atoms with Crippen LogP contribution in [-0.4, -0.2) is 12.4 Å². The summed E-state index contributed by atoms with van der Waals surface area (Å²) in [5, 5.41) is 0. The molecule has 0 bridgehead atoms. The Kier molecular flexibility index (Phi) is 5.33. The molecule has 1 aromatic rings. The Morgan fingerprint density at radius 3 is 2.29 bits per heavy atom. The first-order valence-corrected chi connectivity index (χ1v) is 6.61. The van der Waals surface area contributed by atoms with Crippen LogP contribution in [0.1, 0.15) is 30.9 Å². The Labute approximate surface area is 104 Å². The fourth-order valence-corrected chi connectivity index (χ4v) is 1.95. The molecule has 0 saturated heterocycles. The molecule has 0 aliphatic carbocycles. The van der Waals surface area contributed by atoms with Crippen LogP contribution in [0.25, 0.3) is 0 Å². The molecule has 96 valence electrons. The second kappa shape index (κ2) is 6.31. The first kappa shape index (κ1) is 14.4. The highest BCUT2D eigenvalue weighted by Gasteiger charge is 2.26. The number of nitrogens with two attached hydrogens (primary N) is 1. The highest BCUT2D eigenvalue weighted by Crippen LogP contribution is 2.26. The summed E-state index contributed by atoms with van der Waals surface area (Å²) in [6.07, 6.45) is -2.43. The molecule has 1 rings (SSSR count). The van der Waals surface area contributed by atoms with Gasteiger partial charge in [0, 0.05) is 17.4 Å². The average Bonchev–Trinajstić information content (AvgIpc) is 2.27. The molecule has 1 aromatic carbocycles. The SMILES string of the molecule is CSc1ccc(C(N)CCCC(F)(F)F)cc1.